The van der Waals surface area contributed by atoms with E-state index in [4.69, 9.17) is 11.5 Å². The molecule has 0 aliphatic heterocycles. The van der Waals surface area contributed by atoms with Gasteiger partial charge in [-0.1, -0.05) is 12.1 Å². The van der Waals surface area contributed by atoms with Gasteiger partial charge in [0.25, 0.3) is 5.91 Å². The molecule has 3 rings (SSSR count). The molecule has 1 amide bonds. The molecule has 3 aromatic rings. The Hall–Kier alpha value is -3.15. The van der Waals surface area contributed by atoms with Gasteiger partial charge in [-0.2, -0.15) is 5.10 Å². The zero-order chi connectivity index (χ0) is 14.8. The highest BCUT2D eigenvalue weighted by Gasteiger charge is 2.07. The molecule has 2 heterocycles. The van der Waals surface area contributed by atoms with E-state index >= 15 is 0 Å². The first-order chi connectivity index (χ1) is 10.1. The van der Waals surface area contributed by atoms with E-state index in [1.165, 1.54) is 6.20 Å². The molecular formula is C15H13N5O. The molecule has 0 aliphatic carbocycles. The van der Waals surface area contributed by atoms with Crippen LogP contribution in [0.1, 0.15) is 10.5 Å². The van der Waals surface area contributed by atoms with Crippen LogP contribution < -0.4 is 11.5 Å². The molecule has 0 bridgehead atoms. The predicted molar refractivity (Wildman–Crippen MR) is 79.7 cm³/mol. The maximum atomic E-state index is 11.2. The molecule has 0 saturated carbocycles. The fourth-order valence-corrected chi connectivity index (χ4v) is 1.99. The number of rotatable bonds is 3. The van der Waals surface area contributed by atoms with Crippen molar-refractivity contribution in [3.63, 3.8) is 0 Å². The van der Waals surface area contributed by atoms with Gasteiger partial charge in [0.1, 0.15) is 5.69 Å². The zero-order valence-electron chi connectivity index (χ0n) is 11.1. The lowest BCUT2D eigenvalue weighted by molar-refractivity contribution is 0.0995. The number of benzene rings is 1. The van der Waals surface area contributed by atoms with Gasteiger partial charge in [0.05, 0.1) is 11.9 Å². The van der Waals surface area contributed by atoms with Gasteiger partial charge >= 0.3 is 0 Å². The van der Waals surface area contributed by atoms with E-state index in [2.05, 4.69) is 10.1 Å². The second-order valence-electron chi connectivity index (χ2n) is 4.56. The Morgan fingerprint density at radius 1 is 1.10 bits per heavy atom. The van der Waals surface area contributed by atoms with Gasteiger partial charge in [-0.25, -0.2) is 4.68 Å². The van der Waals surface area contributed by atoms with Gasteiger partial charge in [0, 0.05) is 23.6 Å². The van der Waals surface area contributed by atoms with Crippen molar-refractivity contribution in [2.75, 3.05) is 5.73 Å². The molecule has 0 aliphatic rings. The number of aromatic nitrogens is 3. The molecule has 0 fully saturated rings. The fourth-order valence-electron chi connectivity index (χ4n) is 1.99. The van der Waals surface area contributed by atoms with Crippen LogP contribution in [-0.4, -0.2) is 20.7 Å². The van der Waals surface area contributed by atoms with E-state index in [1.807, 2.05) is 30.5 Å². The number of primary amides is 1. The largest absolute Gasteiger partial charge is 0.399 e. The van der Waals surface area contributed by atoms with Gasteiger partial charge in [0.15, 0.2) is 0 Å². The Kier molecular flexibility index (Phi) is 3.12. The van der Waals surface area contributed by atoms with Crippen molar-refractivity contribution in [2.45, 2.75) is 0 Å². The number of anilines is 1. The highest BCUT2D eigenvalue weighted by Crippen LogP contribution is 2.21. The third-order valence-electron chi connectivity index (χ3n) is 3.09. The molecule has 1 aromatic carbocycles. The molecule has 0 unspecified atom stereocenters. The molecule has 0 radical (unpaired) electrons. The highest BCUT2D eigenvalue weighted by atomic mass is 16.1. The van der Waals surface area contributed by atoms with E-state index < -0.39 is 5.91 Å². The van der Waals surface area contributed by atoms with Crippen molar-refractivity contribution in [2.24, 2.45) is 5.73 Å². The zero-order valence-corrected chi connectivity index (χ0v) is 11.1. The Morgan fingerprint density at radius 2 is 1.86 bits per heavy atom. The lowest BCUT2D eigenvalue weighted by Crippen LogP contribution is -2.13. The summed E-state index contributed by atoms with van der Waals surface area (Å²) in [6.45, 7) is 0. The average molecular weight is 279 g/mol. The maximum absolute atomic E-state index is 11.2. The van der Waals surface area contributed by atoms with E-state index in [0.717, 1.165) is 16.8 Å². The van der Waals surface area contributed by atoms with Crippen LogP contribution in [0.5, 0.6) is 0 Å². The van der Waals surface area contributed by atoms with Crippen LogP contribution >= 0.6 is 0 Å². The molecule has 0 spiro atoms. The van der Waals surface area contributed by atoms with Crippen molar-refractivity contribution in [3.8, 4) is 16.8 Å². The summed E-state index contributed by atoms with van der Waals surface area (Å²) in [5.41, 5.74) is 14.5. The molecule has 21 heavy (non-hydrogen) atoms. The lowest BCUT2D eigenvalue weighted by atomic mass is 10.1. The summed E-state index contributed by atoms with van der Waals surface area (Å²) in [5, 5.41) is 4.29. The summed E-state index contributed by atoms with van der Waals surface area (Å²) in [6, 6.07) is 10.9. The monoisotopic (exact) mass is 279 g/mol. The summed E-state index contributed by atoms with van der Waals surface area (Å²) in [6.07, 6.45) is 5.14. The van der Waals surface area contributed by atoms with E-state index in [0.29, 0.717) is 5.69 Å². The minimum atomic E-state index is -0.567. The molecule has 6 heteroatoms. The van der Waals surface area contributed by atoms with Crippen LogP contribution in [0.25, 0.3) is 16.8 Å². The number of carbonyl (C=O) groups is 1. The Bertz CT molecular complexity index is 792. The summed E-state index contributed by atoms with van der Waals surface area (Å²) >= 11 is 0. The lowest BCUT2D eigenvalue weighted by Gasteiger charge is -2.02. The van der Waals surface area contributed by atoms with E-state index in [9.17, 15) is 4.79 Å². The molecule has 6 nitrogen and oxygen atoms in total. The number of nitrogens with zero attached hydrogens (tertiary/aromatic N) is 3. The third kappa shape index (κ3) is 2.59. The number of pyridine rings is 1. The van der Waals surface area contributed by atoms with Crippen LogP contribution in [0.15, 0.2) is 55.0 Å². The minimum absolute atomic E-state index is 0.206. The second kappa shape index (κ2) is 5.09. The molecule has 0 saturated heterocycles. The number of nitrogens with two attached hydrogens (primary N) is 2. The summed E-state index contributed by atoms with van der Waals surface area (Å²) in [4.78, 5) is 15.1. The second-order valence-corrected chi connectivity index (χ2v) is 4.56. The summed E-state index contributed by atoms with van der Waals surface area (Å²) in [5.74, 6) is -0.567. The first kappa shape index (κ1) is 12.9. The maximum Gasteiger partial charge on any atom is 0.267 e. The molecule has 4 N–H and O–H groups in total. The number of hydrogen-bond donors (Lipinski definition) is 2. The third-order valence-corrected chi connectivity index (χ3v) is 3.09. The van der Waals surface area contributed by atoms with E-state index in [1.54, 1.807) is 23.0 Å². The topological polar surface area (TPSA) is 99.8 Å². The van der Waals surface area contributed by atoms with Gasteiger partial charge < -0.3 is 11.5 Å². The predicted octanol–water partition coefficient (Wildman–Crippen LogP) is 1.62. The molecule has 0 atom stereocenters. The van der Waals surface area contributed by atoms with Crippen LogP contribution in [0.4, 0.5) is 5.69 Å². The molecular weight excluding hydrogens is 266 g/mol. The average Bonchev–Trinajstić information content (AvgIpc) is 2.98. The van der Waals surface area contributed by atoms with Crippen molar-refractivity contribution < 1.29 is 4.79 Å². The standard InChI is InChI=1S/C15H13N5O/c16-12-3-1-10(2-4-12)11-8-19-20(9-11)13-5-6-18-14(7-13)15(17)21/h1-9H,16H2,(H2,17,21). The van der Waals surface area contributed by atoms with Crippen molar-refractivity contribution in [1.29, 1.82) is 0 Å². The minimum Gasteiger partial charge on any atom is -0.399 e. The van der Waals surface area contributed by atoms with Gasteiger partial charge in [-0.3, -0.25) is 9.78 Å². The number of nitrogen functional groups attached to an aromatic ring is 1. The van der Waals surface area contributed by atoms with Gasteiger partial charge in [-0.15, -0.1) is 0 Å². The molecule has 2 aromatic heterocycles. The summed E-state index contributed by atoms with van der Waals surface area (Å²) < 4.78 is 1.67. The smallest absolute Gasteiger partial charge is 0.267 e. The van der Waals surface area contributed by atoms with Crippen LogP contribution in [0.3, 0.4) is 0 Å². The van der Waals surface area contributed by atoms with Crippen LogP contribution in [-0.2, 0) is 0 Å². The quantitative estimate of drug-likeness (QED) is 0.711. The SMILES string of the molecule is NC(=O)c1cc(-n2cc(-c3ccc(N)cc3)cn2)ccn1. The number of carbonyl (C=O) groups excluding carboxylic acids is 1. The Morgan fingerprint density at radius 3 is 2.57 bits per heavy atom. The molecule has 104 valence electrons. The highest BCUT2D eigenvalue weighted by molar-refractivity contribution is 5.91. The van der Waals surface area contributed by atoms with Crippen molar-refractivity contribution in [1.82, 2.24) is 14.8 Å². The number of amides is 1. The van der Waals surface area contributed by atoms with Crippen LogP contribution in [0.2, 0.25) is 0 Å². The van der Waals surface area contributed by atoms with Gasteiger partial charge in [0.2, 0.25) is 0 Å². The van der Waals surface area contributed by atoms with Crippen molar-refractivity contribution >= 4 is 11.6 Å². The number of hydrogen-bond acceptors (Lipinski definition) is 4. The van der Waals surface area contributed by atoms with Crippen molar-refractivity contribution in [3.05, 3.63) is 60.7 Å². The fraction of sp³-hybridized carbons (Fsp3) is 0. The summed E-state index contributed by atoms with van der Waals surface area (Å²) in [7, 11) is 0. The Balaban J connectivity index is 1.96. The van der Waals surface area contributed by atoms with Crippen LogP contribution in [0, 0.1) is 0 Å². The van der Waals surface area contributed by atoms with Gasteiger partial charge in [-0.05, 0) is 29.8 Å². The first-order valence-corrected chi connectivity index (χ1v) is 6.30. The normalized spacial score (nSPS) is 10.5. The Labute approximate surface area is 121 Å². The first-order valence-electron chi connectivity index (χ1n) is 6.30. The van der Waals surface area contributed by atoms with E-state index in [-0.39, 0.29) is 5.69 Å².